The zero-order valence-electron chi connectivity index (χ0n) is 10.1. The van der Waals surface area contributed by atoms with Crippen LogP contribution in [0, 0.1) is 10.1 Å². The van der Waals surface area contributed by atoms with Gasteiger partial charge in [-0.05, 0) is 41.9 Å². The number of amides is 2. The molecular weight excluding hydrogens is 302 g/mol. The van der Waals surface area contributed by atoms with Crippen LogP contribution >= 0.6 is 15.9 Å². The molecule has 98 valence electrons. The van der Waals surface area contributed by atoms with E-state index in [2.05, 4.69) is 21.2 Å². The standard InChI is InChI=1S/C11H14BrN3O3/c1-3-14(4-2)11(16)13-8-5-6-9(12)10(7-8)15(17)18/h5-7H,3-4H2,1-2H3,(H,13,16). The maximum atomic E-state index is 11.8. The Bertz CT molecular complexity index is 461. The van der Waals surface area contributed by atoms with Crippen molar-refractivity contribution in [2.75, 3.05) is 18.4 Å². The Morgan fingerprint density at radius 3 is 2.56 bits per heavy atom. The molecule has 0 spiro atoms. The fourth-order valence-corrected chi connectivity index (χ4v) is 1.84. The number of nitrogens with one attached hydrogen (secondary N) is 1. The van der Waals surface area contributed by atoms with E-state index in [4.69, 9.17) is 0 Å². The van der Waals surface area contributed by atoms with Crippen LogP contribution in [0.5, 0.6) is 0 Å². The third-order valence-electron chi connectivity index (χ3n) is 2.44. The molecule has 2 amide bonds. The van der Waals surface area contributed by atoms with E-state index in [-0.39, 0.29) is 11.7 Å². The molecular formula is C11H14BrN3O3. The lowest BCUT2D eigenvalue weighted by molar-refractivity contribution is -0.385. The summed E-state index contributed by atoms with van der Waals surface area (Å²) < 4.78 is 0.383. The van der Waals surface area contributed by atoms with Crippen LogP contribution in [-0.4, -0.2) is 28.9 Å². The van der Waals surface area contributed by atoms with Crippen molar-refractivity contribution in [2.24, 2.45) is 0 Å². The number of carbonyl (C=O) groups excluding carboxylic acids is 1. The Morgan fingerprint density at radius 2 is 2.06 bits per heavy atom. The summed E-state index contributed by atoms with van der Waals surface area (Å²) in [5, 5.41) is 13.4. The Hall–Kier alpha value is -1.63. The van der Waals surface area contributed by atoms with Crippen molar-refractivity contribution in [3.05, 3.63) is 32.8 Å². The number of carbonyl (C=O) groups is 1. The maximum Gasteiger partial charge on any atom is 0.321 e. The average molecular weight is 316 g/mol. The lowest BCUT2D eigenvalue weighted by Gasteiger charge is -2.19. The highest BCUT2D eigenvalue weighted by molar-refractivity contribution is 9.10. The molecule has 0 aromatic heterocycles. The molecule has 0 bridgehead atoms. The fraction of sp³-hybridized carbons (Fsp3) is 0.364. The zero-order chi connectivity index (χ0) is 13.7. The molecule has 6 nitrogen and oxygen atoms in total. The summed E-state index contributed by atoms with van der Waals surface area (Å²) in [5.41, 5.74) is 0.328. The second-order valence-electron chi connectivity index (χ2n) is 3.53. The zero-order valence-corrected chi connectivity index (χ0v) is 11.7. The second kappa shape index (κ2) is 6.34. The molecule has 1 rings (SSSR count). The molecule has 0 atom stereocenters. The van der Waals surface area contributed by atoms with Crippen molar-refractivity contribution < 1.29 is 9.72 Å². The Morgan fingerprint density at radius 1 is 1.44 bits per heavy atom. The van der Waals surface area contributed by atoms with Crippen LogP contribution in [0.4, 0.5) is 16.2 Å². The molecule has 1 aromatic rings. The summed E-state index contributed by atoms with van der Waals surface area (Å²) in [5.74, 6) is 0. The molecule has 1 N–H and O–H groups in total. The number of rotatable bonds is 4. The van der Waals surface area contributed by atoms with Crippen molar-refractivity contribution >= 4 is 33.3 Å². The number of urea groups is 1. The van der Waals surface area contributed by atoms with E-state index in [1.165, 1.54) is 12.1 Å². The fourth-order valence-electron chi connectivity index (χ4n) is 1.44. The first-order chi connectivity index (χ1) is 8.49. The first kappa shape index (κ1) is 14.4. The molecule has 1 aromatic carbocycles. The topological polar surface area (TPSA) is 75.5 Å². The summed E-state index contributed by atoms with van der Waals surface area (Å²) in [6.07, 6.45) is 0. The minimum atomic E-state index is -0.503. The summed E-state index contributed by atoms with van der Waals surface area (Å²) >= 11 is 3.09. The predicted octanol–water partition coefficient (Wildman–Crippen LogP) is 3.23. The highest BCUT2D eigenvalue weighted by atomic mass is 79.9. The number of nitro benzene ring substituents is 1. The minimum Gasteiger partial charge on any atom is -0.325 e. The molecule has 0 saturated carbocycles. The van der Waals surface area contributed by atoms with Gasteiger partial charge in [-0.15, -0.1) is 0 Å². The van der Waals surface area contributed by atoms with Crippen molar-refractivity contribution in [3.63, 3.8) is 0 Å². The SMILES string of the molecule is CCN(CC)C(=O)Nc1ccc(Br)c([N+](=O)[O-])c1. The largest absolute Gasteiger partial charge is 0.325 e. The van der Waals surface area contributed by atoms with E-state index in [1.807, 2.05) is 13.8 Å². The second-order valence-corrected chi connectivity index (χ2v) is 4.38. The van der Waals surface area contributed by atoms with Gasteiger partial charge in [0.2, 0.25) is 0 Å². The molecule has 7 heteroatoms. The normalized spacial score (nSPS) is 9.94. The van der Waals surface area contributed by atoms with Crippen molar-refractivity contribution in [2.45, 2.75) is 13.8 Å². The summed E-state index contributed by atoms with van der Waals surface area (Å²) in [6, 6.07) is 4.21. The first-order valence-electron chi connectivity index (χ1n) is 5.49. The van der Waals surface area contributed by atoms with E-state index in [9.17, 15) is 14.9 Å². The van der Waals surface area contributed by atoms with Crippen LogP contribution in [0.25, 0.3) is 0 Å². The molecule has 18 heavy (non-hydrogen) atoms. The van der Waals surface area contributed by atoms with Gasteiger partial charge in [-0.2, -0.15) is 0 Å². The Balaban J connectivity index is 2.89. The monoisotopic (exact) mass is 315 g/mol. The summed E-state index contributed by atoms with van der Waals surface area (Å²) in [7, 11) is 0. The molecule has 0 saturated heterocycles. The van der Waals surface area contributed by atoms with Gasteiger partial charge in [0, 0.05) is 24.8 Å². The van der Waals surface area contributed by atoms with Crippen molar-refractivity contribution in [3.8, 4) is 0 Å². The van der Waals surface area contributed by atoms with E-state index in [0.29, 0.717) is 23.2 Å². The van der Waals surface area contributed by atoms with Gasteiger partial charge in [-0.25, -0.2) is 4.79 Å². The number of benzene rings is 1. The number of hydrogen-bond acceptors (Lipinski definition) is 3. The van der Waals surface area contributed by atoms with Crippen LogP contribution in [0.3, 0.4) is 0 Å². The van der Waals surface area contributed by atoms with Crippen molar-refractivity contribution in [1.82, 2.24) is 4.90 Å². The minimum absolute atomic E-state index is 0.0765. The highest BCUT2D eigenvalue weighted by Crippen LogP contribution is 2.27. The summed E-state index contributed by atoms with van der Waals surface area (Å²) in [4.78, 5) is 23.6. The summed E-state index contributed by atoms with van der Waals surface area (Å²) in [6.45, 7) is 4.90. The van der Waals surface area contributed by atoms with E-state index >= 15 is 0 Å². The molecule has 0 fully saturated rings. The van der Waals surface area contributed by atoms with E-state index < -0.39 is 4.92 Å². The third-order valence-corrected chi connectivity index (χ3v) is 3.12. The lowest BCUT2D eigenvalue weighted by Crippen LogP contribution is -2.34. The van der Waals surface area contributed by atoms with Crippen LogP contribution in [-0.2, 0) is 0 Å². The van der Waals surface area contributed by atoms with Gasteiger partial charge in [0.05, 0.1) is 9.40 Å². The van der Waals surface area contributed by atoms with Crippen LogP contribution in [0.15, 0.2) is 22.7 Å². The van der Waals surface area contributed by atoms with Gasteiger partial charge < -0.3 is 10.2 Å². The van der Waals surface area contributed by atoms with Gasteiger partial charge in [0.1, 0.15) is 0 Å². The smallest absolute Gasteiger partial charge is 0.321 e. The number of nitrogens with zero attached hydrogens (tertiary/aromatic N) is 2. The van der Waals surface area contributed by atoms with Gasteiger partial charge in [0.15, 0.2) is 0 Å². The number of nitro groups is 1. The van der Waals surface area contributed by atoms with Gasteiger partial charge >= 0.3 is 6.03 Å². The molecule has 0 aliphatic carbocycles. The molecule has 0 unspecified atom stereocenters. The highest BCUT2D eigenvalue weighted by Gasteiger charge is 2.15. The molecule has 0 aliphatic rings. The lowest BCUT2D eigenvalue weighted by atomic mass is 10.3. The van der Waals surface area contributed by atoms with E-state index in [0.717, 1.165) is 0 Å². The molecule has 0 heterocycles. The van der Waals surface area contributed by atoms with E-state index in [1.54, 1.807) is 11.0 Å². The van der Waals surface area contributed by atoms with Crippen LogP contribution < -0.4 is 5.32 Å². The van der Waals surface area contributed by atoms with Crippen LogP contribution in [0.2, 0.25) is 0 Å². The van der Waals surface area contributed by atoms with Crippen LogP contribution in [0.1, 0.15) is 13.8 Å². The maximum absolute atomic E-state index is 11.8. The first-order valence-corrected chi connectivity index (χ1v) is 6.28. The van der Waals surface area contributed by atoms with Gasteiger partial charge in [0.25, 0.3) is 5.69 Å². The number of anilines is 1. The Kier molecular flexibility index (Phi) is 5.08. The Labute approximate surface area is 113 Å². The third kappa shape index (κ3) is 3.43. The predicted molar refractivity (Wildman–Crippen MR) is 72.7 cm³/mol. The quantitative estimate of drug-likeness (QED) is 0.684. The molecule has 0 aliphatic heterocycles. The van der Waals surface area contributed by atoms with Gasteiger partial charge in [-0.1, -0.05) is 0 Å². The number of halogens is 1. The molecule has 0 radical (unpaired) electrons. The van der Waals surface area contributed by atoms with Gasteiger partial charge in [-0.3, -0.25) is 10.1 Å². The van der Waals surface area contributed by atoms with Crippen molar-refractivity contribution in [1.29, 1.82) is 0 Å². The number of hydrogen-bond donors (Lipinski definition) is 1. The average Bonchev–Trinajstić information content (AvgIpc) is 2.32.